The molecule has 0 amide bonds. The summed E-state index contributed by atoms with van der Waals surface area (Å²) in [4.78, 5) is 23.4. The van der Waals surface area contributed by atoms with Gasteiger partial charge in [-0.3, -0.25) is 15.1 Å². The van der Waals surface area contributed by atoms with Gasteiger partial charge in [0.15, 0.2) is 6.29 Å². The van der Waals surface area contributed by atoms with Crippen LogP contribution in [0.2, 0.25) is 0 Å². The Balaban J connectivity index is 1.43. The molecule has 1 saturated carbocycles. The normalized spacial score (nSPS) is 18.3. The highest BCUT2D eigenvalue weighted by molar-refractivity contribution is 5.80. The zero-order valence-corrected chi connectivity index (χ0v) is 21.4. The maximum Gasteiger partial charge on any atom is 0.320 e. The monoisotopic (exact) mass is 486 g/mol. The number of aromatic nitrogens is 1. The lowest BCUT2D eigenvalue weighted by Gasteiger charge is -2.26. The minimum absolute atomic E-state index is 0.403. The van der Waals surface area contributed by atoms with Gasteiger partial charge in [0.05, 0.1) is 6.61 Å². The molecule has 4 N–H and O–H groups in total. The Morgan fingerprint density at radius 2 is 2.11 bits per heavy atom. The van der Waals surface area contributed by atoms with E-state index in [0.29, 0.717) is 25.5 Å². The molecule has 2 aliphatic rings. The molecule has 2 heterocycles. The van der Waals surface area contributed by atoms with E-state index in [0.717, 1.165) is 50.3 Å². The smallest absolute Gasteiger partial charge is 0.320 e. The first kappa shape index (κ1) is 27.1. The molecular weight excluding hydrogens is 444 g/mol. The van der Waals surface area contributed by atoms with Crippen LogP contribution in [0.3, 0.4) is 0 Å². The summed E-state index contributed by atoms with van der Waals surface area (Å²) in [6.45, 7) is 5.12. The van der Waals surface area contributed by atoms with Crippen molar-refractivity contribution in [3.63, 3.8) is 0 Å². The Labute approximate surface area is 209 Å². The first-order chi connectivity index (χ1) is 17.0. The van der Waals surface area contributed by atoms with E-state index < -0.39 is 18.3 Å². The summed E-state index contributed by atoms with van der Waals surface area (Å²) in [6.07, 6.45) is 10.3. The van der Waals surface area contributed by atoms with Gasteiger partial charge in [-0.25, -0.2) is 4.98 Å². The molecule has 1 aliphatic carbocycles. The van der Waals surface area contributed by atoms with Crippen molar-refractivity contribution in [1.82, 2.24) is 20.5 Å². The van der Waals surface area contributed by atoms with Gasteiger partial charge >= 0.3 is 5.97 Å². The van der Waals surface area contributed by atoms with E-state index in [9.17, 15) is 9.90 Å². The predicted octanol–water partition coefficient (Wildman–Crippen LogP) is 2.64. The maximum absolute atomic E-state index is 11.9. The number of unbranched alkanes of at least 4 members (excludes halogenated alkanes) is 1. The van der Waals surface area contributed by atoms with Crippen molar-refractivity contribution >= 4 is 18.0 Å². The molecule has 194 valence electrons. The third-order valence-electron chi connectivity index (χ3n) is 6.64. The number of hydrogen-bond donors (Lipinski definition) is 4. The molecule has 0 radical (unpaired) electrons. The van der Waals surface area contributed by atoms with Crippen LogP contribution in [0, 0.1) is 5.92 Å². The largest absolute Gasteiger partial charge is 0.480 e. The molecule has 35 heavy (non-hydrogen) atoms. The van der Waals surface area contributed by atoms with Gasteiger partial charge in [0.2, 0.25) is 0 Å². The quantitative estimate of drug-likeness (QED) is 0.249. The number of aryl methyl sites for hydroxylation is 2. The summed E-state index contributed by atoms with van der Waals surface area (Å²) in [6, 6.07) is 3.61. The third kappa shape index (κ3) is 8.91. The van der Waals surface area contributed by atoms with Crippen molar-refractivity contribution < 1.29 is 14.6 Å². The molecule has 1 aromatic heterocycles. The highest BCUT2D eigenvalue weighted by Gasteiger charge is 2.28. The highest BCUT2D eigenvalue weighted by atomic mass is 16.5. The number of nitrogens with zero attached hydrogens (tertiary/aromatic N) is 3. The van der Waals surface area contributed by atoms with E-state index in [1.807, 2.05) is 19.5 Å². The van der Waals surface area contributed by atoms with Crippen LogP contribution in [0.5, 0.6) is 0 Å². The zero-order chi connectivity index (χ0) is 25.0. The average molecular weight is 487 g/mol. The molecule has 0 spiro atoms. The number of aliphatic imine (C=N–C) groups is 1. The fraction of sp³-hybridized carbons (Fsp3) is 0.654. The lowest BCUT2D eigenvalue weighted by Crippen LogP contribution is -2.50. The van der Waals surface area contributed by atoms with Gasteiger partial charge in [0.1, 0.15) is 11.9 Å². The van der Waals surface area contributed by atoms with Gasteiger partial charge in [-0.2, -0.15) is 0 Å². The number of aliphatic carboxylic acids is 1. The van der Waals surface area contributed by atoms with Gasteiger partial charge < -0.3 is 25.4 Å². The minimum atomic E-state index is -0.854. The van der Waals surface area contributed by atoms with Crippen molar-refractivity contribution in [2.45, 2.75) is 64.2 Å². The molecule has 3 rings (SSSR count). The number of pyridine rings is 1. The molecule has 1 aromatic rings. The molecule has 0 saturated heterocycles. The summed E-state index contributed by atoms with van der Waals surface area (Å²) in [5.41, 5.74) is 3.54. The Morgan fingerprint density at radius 1 is 1.29 bits per heavy atom. The van der Waals surface area contributed by atoms with Crippen molar-refractivity contribution in [2.75, 3.05) is 45.7 Å². The third-order valence-corrected chi connectivity index (χ3v) is 6.64. The Hall–Kier alpha value is -2.49. The lowest BCUT2D eigenvalue weighted by molar-refractivity contribution is -0.140. The average Bonchev–Trinajstić information content (AvgIpc) is 3.72. The molecule has 1 fully saturated rings. The van der Waals surface area contributed by atoms with Gasteiger partial charge in [-0.05, 0) is 74.6 Å². The van der Waals surface area contributed by atoms with E-state index in [2.05, 4.69) is 44.9 Å². The van der Waals surface area contributed by atoms with Crippen LogP contribution in [-0.4, -0.2) is 79.9 Å². The summed E-state index contributed by atoms with van der Waals surface area (Å²) in [5, 5.41) is 19.3. The van der Waals surface area contributed by atoms with Gasteiger partial charge in [0, 0.05) is 45.4 Å². The van der Waals surface area contributed by atoms with E-state index in [1.165, 1.54) is 24.0 Å². The van der Waals surface area contributed by atoms with Crippen LogP contribution in [0.4, 0.5) is 5.82 Å². The predicted molar refractivity (Wildman–Crippen MR) is 140 cm³/mol. The van der Waals surface area contributed by atoms with E-state index in [4.69, 9.17) is 9.72 Å². The van der Waals surface area contributed by atoms with E-state index >= 15 is 0 Å². The maximum atomic E-state index is 11.9. The number of hydrogen-bond acceptors (Lipinski definition) is 8. The van der Waals surface area contributed by atoms with Gasteiger partial charge in [-0.15, -0.1) is 0 Å². The van der Waals surface area contributed by atoms with Crippen LogP contribution >= 0.6 is 0 Å². The highest BCUT2D eigenvalue weighted by Crippen LogP contribution is 2.35. The van der Waals surface area contributed by atoms with Crippen molar-refractivity contribution in [1.29, 1.82) is 0 Å². The Bertz CT molecular complexity index is 871. The first-order valence-corrected chi connectivity index (χ1v) is 12.9. The molecule has 2 atom stereocenters. The number of carboxylic acid groups (broad SMARTS) is 1. The SMILES string of the molecule is CCc1ccc(CCCCN(CCOC)CCC(NC2N=CC(C3CC3)=CN2)C(=O)O)nc1NC. The molecular formula is C26H42N6O3. The number of carboxylic acids is 1. The van der Waals surface area contributed by atoms with Gasteiger partial charge in [-0.1, -0.05) is 13.0 Å². The van der Waals surface area contributed by atoms with E-state index in [1.54, 1.807) is 7.11 Å². The summed E-state index contributed by atoms with van der Waals surface area (Å²) in [5.74, 6) is 0.733. The van der Waals surface area contributed by atoms with E-state index in [-0.39, 0.29) is 0 Å². The van der Waals surface area contributed by atoms with Crippen LogP contribution in [0.25, 0.3) is 0 Å². The summed E-state index contributed by atoms with van der Waals surface area (Å²) in [7, 11) is 3.61. The number of allylic oxidation sites excluding steroid dienone is 1. The van der Waals surface area contributed by atoms with Crippen LogP contribution < -0.4 is 16.0 Å². The second-order valence-electron chi connectivity index (χ2n) is 9.32. The summed E-state index contributed by atoms with van der Waals surface area (Å²) < 4.78 is 5.28. The van der Waals surface area contributed by atoms with Crippen LogP contribution in [0.15, 0.2) is 28.9 Å². The Kier molecular flexibility index (Phi) is 11.0. The van der Waals surface area contributed by atoms with Gasteiger partial charge in [0.25, 0.3) is 0 Å². The Morgan fingerprint density at radius 3 is 2.74 bits per heavy atom. The second kappa shape index (κ2) is 14.2. The molecule has 9 nitrogen and oxygen atoms in total. The number of carbonyl (C=O) groups is 1. The van der Waals surface area contributed by atoms with Crippen LogP contribution in [-0.2, 0) is 22.4 Å². The number of nitrogens with one attached hydrogen (secondary N) is 3. The van der Waals surface area contributed by atoms with Crippen molar-refractivity contribution in [3.05, 3.63) is 35.2 Å². The minimum Gasteiger partial charge on any atom is -0.480 e. The number of anilines is 1. The molecule has 2 unspecified atom stereocenters. The molecule has 9 heteroatoms. The van der Waals surface area contributed by atoms with Crippen molar-refractivity contribution in [3.8, 4) is 0 Å². The molecule has 1 aliphatic heterocycles. The number of methoxy groups -OCH3 is 1. The molecule has 0 bridgehead atoms. The first-order valence-electron chi connectivity index (χ1n) is 12.9. The standard InChI is InChI=1S/C26H42N6O3/c1-4-19-10-11-22(30-24(19)27-2)7-5-6-13-32(15-16-35-3)14-12-23(25(33)34)31-26-28-17-21(18-29-26)20-8-9-20/h10-11,17-18,20,23,26,28,31H,4-9,12-16H2,1-3H3,(H,27,30)(H,33,34). The fourth-order valence-electron chi connectivity index (χ4n) is 4.29. The zero-order valence-electron chi connectivity index (χ0n) is 21.4. The fourth-order valence-corrected chi connectivity index (χ4v) is 4.29. The van der Waals surface area contributed by atoms with Crippen molar-refractivity contribution in [2.24, 2.45) is 10.9 Å². The molecule has 0 aromatic carbocycles. The second-order valence-corrected chi connectivity index (χ2v) is 9.32. The van der Waals surface area contributed by atoms with Crippen LogP contribution in [0.1, 0.15) is 50.3 Å². The lowest BCUT2D eigenvalue weighted by atomic mass is 10.1. The summed E-state index contributed by atoms with van der Waals surface area (Å²) >= 11 is 0. The number of rotatable bonds is 17. The topological polar surface area (TPSA) is 111 Å². The number of ether oxygens (including phenoxy) is 1.